The molecule has 1 aromatic heterocycles. The molecule has 94 valence electrons. The van der Waals surface area contributed by atoms with Crippen LogP contribution in [0.2, 0.25) is 5.15 Å². The van der Waals surface area contributed by atoms with Crippen molar-refractivity contribution < 1.29 is 13.2 Å². The topological polar surface area (TPSA) is 67.3 Å². The maximum Gasteiger partial charge on any atom is 0.187 e. The van der Waals surface area contributed by atoms with Crippen LogP contribution >= 0.6 is 22.9 Å². The number of anilines is 1. The number of aldehydes is 1. The summed E-state index contributed by atoms with van der Waals surface area (Å²) >= 11 is 6.98. The van der Waals surface area contributed by atoms with E-state index in [1.807, 2.05) is 11.8 Å². The number of nitrogens with zero attached hydrogens (tertiary/aromatic N) is 2. The van der Waals surface area contributed by atoms with Crippen LogP contribution < -0.4 is 4.90 Å². The smallest absolute Gasteiger partial charge is 0.187 e. The molecule has 0 spiro atoms. The summed E-state index contributed by atoms with van der Waals surface area (Å²) < 4.78 is 22.9. The molecular formula is C9H11ClN2O3S2. The molecule has 0 amide bonds. The van der Waals surface area contributed by atoms with Gasteiger partial charge in [-0.3, -0.25) is 4.79 Å². The van der Waals surface area contributed by atoms with Crippen molar-refractivity contribution in [1.82, 2.24) is 4.98 Å². The van der Waals surface area contributed by atoms with E-state index in [2.05, 4.69) is 4.98 Å². The highest BCUT2D eigenvalue weighted by molar-refractivity contribution is 7.91. The summed E-state index contributed by atoms with van der Waals surface area (Å²) in [5, 5.41) is 0.792. The van der Waals surface area contributed by atoms with Gasteiger partial charge >= 0.3 is 0 Å². The van der Waals surface area contributed by atoms with E-state index in [4.69, 9.17) is 11.6 Å². The van der Waals surface area contributed by atoms with Crippen LogP contribution in [-0.2, 0) is 9.84 Å². The van der Waals surface area contributed by atoms with Crippen molar-refractivity contribution in [2.45, 2.75) is 13.0 Å². The number of hydrogen-bond donors (Lipinski definition) is 0. The zero-order chi connectivity index (χ0) is 12.6. The van der Waals surface area contributed by atoms with Crippen LogP contribution in [0.25, 0.3) is 0 Å². The van der Waals surface area contributed by atoms with Gasteiger partial charge in [-0.15, -0.1) is 0 Å². The van der Waals surface area contributed by atoms with Gasteiger partial charge in [0, 0.05) is 12.6 Å². The van der Waals surface area contributed by atoms with Gasteiger partial charge in [0.2, 0.25) is 0 Å². The van der Waals surface area contributed by atoms with Crippen molar-refractivity contribution in [1.29, 1.82) is 0 Å². The van der Waals surface area contributed by atoms with E-state index >= 15 is 0 Å². The fourth-order valence-corrected chi connectivity index (χ4v) is 4.53. The van der Waals surface area contributed by atoms with E-state index in [1.165, 1.54) is 11.3 Å². The third-order valence-corrected chi connectivity index (χ3v) is 5.83. The van der Waals surface area contributed by atoms with E-state index in [0.717, 1.165) is 0 Å². The van der Waals surface area contributed by atoms with Crippen molar-refractivity contribution in [2.24, 2.45) is 0 Å². The number of carbonyl (C=O) groups is 1. The minimum atomic E-state index is -2.95. The Hall–Kier alpha value is -0.660. The molecule has 0 bridgehead atoms. The van der Waals surface area contributed by atoms with Crippen molar-refractivity contribution in [3.05, 3.63) is 10.0 Å². The second-order valence-corrected chi connectivity index (χ2v) is 7.52. The number of rotatable bonds is 2. The predicted molar refractivity (Wildman–Crippen MR) is 68.0 cm³/mol. The predicted octanol–water partition coefficient (Wildman–Crippen LogP) is 1.23. The maximum absolute atomic E-state index is 11.4. The molecule has 0 radical (unpaired) electrons. The number of carbonyl (C=O) groups excluding carboxylic acids is 1. The molecule has 1 saturated heterocycles. The summed E-state index contributed by atoms with van der Waals surface area (Å²) in [5.41, 5.74) is 0. The first-order valence-corrected chi connectivity index (χ1v) is 8.03. The molecule has 2 heterocycles. The van der Waals surface area contributed by atoms with E-state index in [0.29, 0.717) is 22.8 Å². The lowest BCUT2D eigenvalue weighted by molar-refractivity contribution is 0.112. The van der Waals surface area contributed by atoms with Gasteiger partial charge in [0.05, 0.1) is 11.5 Å². The first-order valence-electron chi connectivity index (χ1n) is 5.01. The summed E-state index contributed by atoms with van der Waals surface area (Å²) in [7, 11) is -2.95. The van der Waals surface area contributed by atoms with Crippen LogP contribution in [0.5, 0.6) is 0 Å². The molecule has 5 nitrogen and oxygen atoms in total. The van der Waals surface area contributed by atoms with E-state index in [1.54, 1.807) is 0 Å². The van der Waals surface area contributed by atoms with Gasteiger partial charge in [-0.1, -0.05) is 22.9 Å². The second kappa shape index (κ2) is 4.55. The third-order valence-electron chi connectivity index (χ3n) is 2.62. The molecule has 2 rings (SSSR count). The summed E-state index contributed by atoms with van der Waals surface area (Å²) in [4.78, 5) is 17.0. The van der Waals surface area contributed by atoms with Crippen molar-refractivity contribution in [2.75, 3.05) is 23.0 Å². The number of thiazole rings is 1. The Morgan fingerprint density at radius 3 is 2.82 bits per heavy atom. The highest BCUT2D eigenvalue weighted by Crippen LogP contribution is 2.30. The molecule has 17 heavy (non-hydrogen) atoms. The average molecular weight is 295 g/mol. The Bertz CT molecular complexity index is 540. The van der Waals surface area contributed by atoms with E-state index in [9.17, 15) is 13.2 Å². The molecular weight excluding hydrogens is 284 g/mol. The first-order chi connectivity index (χ1) is 7.93. The molecule has 0 N–H and O–H groups in total. The Kier molecular flexibility index (Phi) is 3.42. The van der Waals surface area contributed by atoms with Crippen LogP contribution in [0, 0.1) is 0 Å². The highest BCUT2D eigenvalue weighted by Gasteiger charge is 2.30. The van der Waals surface area contributed by atoms with Gasteiger partial charge in [0.1, 0.15) is 4.88 Å². The maximum atomic E-state index is 11.4. The lowest BCUT2D eigenvalue weighted by Gasteiger charge is -2.32. The minimum Gasteiger partial charge on any atom is -0.343 e. The van der Waals surface area contributed by atoms with E-state index in [-0.39, 0.29) is 22.7 Å². The van der Waals surface area contributed by atoms with Gasteiger partial charge in [-0.05, 0) is 6.92 Å². The SMILES string of the molecule is CC1CS(=O)(=O)CCN1c1nc(Cl)c(C=O)s1. The van der Waals surface area contributed by atoms with Crippen LogP contribution in [0.4, 0.5) is 5.13 Å². The van der Waals surface area contributed by atoms with Crippen LogP contribution in [0.15, 0.2) is 0 Å². The summed E-state index contributed by atoms with van der Waals surface area (Å²) in [6, 6.07) is -0.143. The van der Waals surface area contributed by atoms with Gasteiger partial charge in [-0.25, -0.2) is 13.4 Å². The van der Waals surface area contributed by atoms with Gasteiger partial charge in [0.15, 0.2) is 26.4 Å². The van der Waals surface area contributed by atoms with Gasteiger partial charge < -0.3 is 4.90 Å². The van der Waals surface area contributed by atoms with Crippen LogP contribution in [0.1, 0.15) is 16.6 Å². The molecule has 8 heteroatoms. The molecule has 1 atom stereocenters. The fraction of sp³-hybridized carbons (Fsp3) is 0.556. The fourth-order valence-electron chi connectivity index (χ4n) is 1.78. The number of halogens is 1. The summed E-state index contributed by atoms with van der Waals surface area (Å²) in [6.45, 7) is 2.22. The lowest BCUT2D eigenvalue weighted by Crippen LogP contribution is -2.46. The lowest BCUT2D eigenvalue weighted by atomic mass is 10.3. The van der Waals surface area contributed by atoms with Crippen LogP contribution in [0.3, 0.4) is 0 Å². The monoisotopic (exact) mass is 294 g/mol. The Balaban J connectivity index is 2.26. The quantitative estimate of drug-likeness (QED) is 0.768. The zero-order valence-electron chi connectivity index (χ0n) is 9.09. The largest absolute Gasteiger partial charge is 0.343 e. The van der Waals surface area contributed by atoms with Crippen molar-refractivity contribution >= 4 is 44.2 Å². The zero-order valence-corrected chi connectivity index (χ0v) is 11.5. The molecule has 1 aromatic rings. The summed E-state index contributed by atoms with van der Waals surface area (Å²) in [6.07, 6.45) is 0.662. The van der Waals surface area contributed by atoms with Crippen molar-refractivity contribution in [3.8, 4) is 0 Å². The summed E-state index contributed by atoms with van der Waals surface area (Å²) in [5.74, 6) is 0.228. The first kappa shape index (κ1) is 12.8. The second-order valence-electron chi connectivity index (χ2n) is 3.93. The Morgan fingerprint density at radius 1 is 1.59 bits per heavy atom. The van der Waals surface area contributed by atoms with Crippen LogP contribution in [-0.4, -0.2) is 43.8 Å². The van der Waals surface area contributed by atoms with Crippen molar-refractivity contribution in [3.63, 3.8) is 0 Å². The molecule has 1 unspecified atom stereocenters. The van der Waals surface area contributed by atoms with E-state index < -0.39 is 9.84 Å². The normalized spacial score (nSPS) is 23.6. The number of sulfone groups is 1. The Morgan fingerprint density at radius 2 is 2.29 bits per heavy atom. The third kappa shape index (κ3) is 2.61. The number of aromatic nitrogens is 1. The molecule has 0 saturated carbocycles. The molecule has 0 aromatic carbocycles. The molecule has 0 aliphatic carbocycles. The molecule has 1 aliphatic heterocycles. The number of hydrogen-bond acceptors (Lipinski definition) is 6. The van der Waals surface area contributed by atoms with Gasteiger partial charge in [-0.2, -0.15) is 0 Å². The molecule has 1 aliphatic rings. The standard InChI is InChI=1S/C9H11ClN2O3S2/c1-6-5-17(14,15)3-2-12(6)9-11-8(10)7(4-13)16-9/h4,6H,2-3,5H2,1H3. The highest BCUT2D eigenvalue weighted by atomic mass is 35.5. The molecule has 1 fully saturated rings. The Labute approximate surface area is 108 Å². The van der Waals surface area contributed by atoms with Gasteiger partial charge in [0.25, 0.3) is 0 Å². The average Bonchev–Trinajstić information content (AvgIpc) is 2.58. The minimum absolute atomic E-state index is 0.112.